The van der Waals surface area contributed by atoms with Gasteiger partial charge >= 0.3 is 5.97 Å². The summed E-state index contributed by atoms with van der Waals surface area (Å²) >= 11 is 0. The van der Waals surface area contributed by atoms with Crippen LogP contribution in [0.3, 0.4) is 0 Å². The van der Waals surface area contributed by atoms with Gasteiger partial charge in [0, 0.05) is 0 Å². The minimum absolute atomic E-state index is 0.0871. The molecule has 23 heavy (non-hydrogen) atoms. The molecule has 114 valence electrons. The molecule has 2 aromatic carbocycles. The third-order valence-corrected chi connectivity index (χ3v) is 3.44. The lowest BCUT2D eigenvalue weighted by Gasteiger charge is -2.13. The molecule has 0 radical (unpaired) electrons. The molecule has 2 amide bonds. The number of nitrogens with zero attached hydrogens (tertiary/aromatic N) is 1. The van der Waals surface area contributed by atoms with E-state index in [2.05, 4.69) is 0 Å². The van der Waals surface area contributed by atoms with Crippen LogP contribution in [0.1, 0.15) is 31.1 Å². The van der Waals surface area contributed by atoms with Crippen molar-refractivity contribution >= 4 is 24.1 Å². The summed E-state index contributed by atoms with van der Waals surface area (Å²) in [6, 6.07) is 12.5. The highest BCUT2D eigenvalue weighted by Crippen LogP contribution is 2.22. The van der Waals surface area contributed by atoms with Gasteiger partial charge in [-0.25, -0.2) is 4.79 Å². The van der Waals surface area contributed by atoms with Crippen molar-refractivity contribution in [3.8, 4) is 5.75 Å². The molecule has 6 heteroatoms. The van der Waals surface area contributed by atoms with Gasteiger partial charge in [0.05, 0.1) is 16.7 Å². The van der Waals surface area contributed by atoms with Crippen molar-refractivity contribution in [2.75, 3.05) is 6.54 Å². The van der Waals surface area contributed by atoms with Crippen LogP contribution >= 0.6 is 0 Å². The number of fused-ring (bicyclic) bond motifs is 1. The van der Waals surface area contributed by atoms with E-state index in [1.807, 2.05) is 0 Å². The van der Waals surface area contributed by atoms with Gasteiger partial charge in [-0.1, -0.05) is 24.3 Å². The highest BCUT2D eigenvalue weighted by Gasteiger charge is 2.36. The number of hydrogen-bond acceptors (Lipinski definition) is 5. The summed E-state index contributed by atoms with van der Waals surface area (Å²) in [6.45, 7) is -0.514. The molecule has 1 aliphatic rings. The van der Waals surface area contributed by atoms with Crippen LogP contribution in [0, 0.1) is 0 Å². The van der Waals surface area contributed by atoms with Crippen LogP contribution in [0.25, 0.3) is 0 Å². The van der Waals surface area contributed by atoms with Crippen molar-refractivity contribution in [1.82, 2.24) is 4.90 Å². The van der Waals surface area contributed by atoms with Crippen molar-refractivity contribution in [2.45, 2.75) is 0 Å². The van der Waals surface area contributed by atoms with Crippen molar-refractivity contribution in [3.05, 3.63) is 65.2 Å². The summed E-state index contributed by atoms with van der Waals surface area (Å²) < 4.78 is 5.08. The molecule has 0 spiro atoms. The zero-order chi connectivity index (χ0) is 16.4. The predicted molar refractivity (Wildman–Crippen MR) is 79.3 cm³/mol. The lowest BCUT2D eigenvalue weighted by molar-refractivity contribution is -0.134. The van der Waals surface area contributed by atoms with Crippen LogP contribution in [0.2, 0.25) is 0 Å². The fraction of sp³-hybridized carbons (Fsp3) is 0.0588. The van der Waals surface area contributed by atoms with Crippen LogP contribution in [-0.2, 0) is 4.79 Å². The first-order valence-corrected chi connectivity index (χ1v) is 6.82. The molecule has 0 N–H and O–H groups in total. The Balaban J connectivity index is 1.76. The second kappa shape index (κ2) is 5.84. The lowest BCUT2D eigenvalue weighted by atomic mass is 10.1. The monoisotopic (exact) mass is 309 g/mol. The largest absolute Gasteiger partial charge is 0.424 e. The van der Waals surface area contributed by atoms with E-state index in [1.165, 1.54) is 24.3 Å². The molecule has 0 unspecified atom stereocenters. The number of imide groups is 1. The van der Waals surface area contributed by atoms with Crippen LogP contribution in [-0.4, -0.2) is 35.5 Å². The summed E-state index contributed by atoms with van der Waals surface area (Å²) in [6.07, 6.45) is 0.560. The average Bonchev–Trinajstić information content (AvgIpc) is 2.81. The highest BCUT2D eigenvalue weighted by molar-refractivity contribution is 6.22. The molecule has 0 saturated heterocycles. The smallest absolute Gasteiger partial charge is 0.331 e. The van der Waals surface area contributed by atoms with Gasteiger partial charge in [0.2, 0.25) is 0 Å². The number of carbonyl (C=O) groups is 4. The quantitative estimate of drug-likeness (QED) is 0.372. The second-order valence-corrected chi connectivity index (χ2v) is 4.87. The van der Waals surface area contributed by atoms with Crippen molar-refractivity contribution in [3.63, 3.8) is 0 Å². The first kappa shape index (κ1) is 14.6. The van der Waals surface area contributed by atoms with Crippen LogP contribution in [0.4, 0.5) is 0 Å². The number of hydrogen-bond donors (Lipinski definition) is 0. The molecular weight excluding hydrogens is 298 g/mol. The second-order valence-electron chi connectivity index (χ2n) is 4.87. The topological polar surface area (TPSA) is 80.8 Å². The Morgan fingerprint density at radius 2 is 1.52 bits per heavy atom. The van der Waals surface area contributed by atoms with Crippen LogP contribution < -0.4 is 4.74 Å². The maximum atomic E-state index is 12.2. The Bertz CT molecular complexity index is 792. The number of para-hydroxylation sites is 1. The number of amides is 2. The Kier molecular flexibility index (Phi) is 3.72. The number of rotatable bonds is 4. The minimum Gasteiger partial charge on any atom is -0.424 e. The molecule has 3 rings (SSSR count). The standard InChI is InChI=1S/C17H11NO5/c19-10-11-5-1-4-8-14(11)23-15(20)9-18-16(21)12-6-2-3-7-13(12)17(18)22/h1-8,10H,9H2. The van der Waals surface area contributed by atoms with E-state index >= 15 is 0 Å². The SMILES string of the molecule is O=Cc1ccccc1OC(=O)CN1C(=O)c2ccccc2C1=O. The predicted octanol–water partition coefficient (Wildman–Crippen LogP) is 1.70. The molecule has 0 fully saturated rings. The maximum absolute atomic E-state index is 12.2. The Morgan fingerprint density at radius 1 is 0.957 bits per heavy atom. The van der Waals surface area contributed by atoms with Gasteiger partial charge in [-0.15, -0.1) is 0 Å². The highest BCUT2D eigenvalue weighted by atomic mass is 16.5. The number of carbonyl (C=O) groups excluding carboxylic acids is 4. The lowest BCUT2D eigenvalue weighted by Crippen LogP contribution is -2.36. The molecular formula is C17H11NO5. The number of benzene rings is 2. The number of esters is 1. The maximum Gasteiger partial charge on any atom is 0.331 e. The molecule has 0 saturated carbocycles. The van der Waals surface area contributed by atoms with Crippen molar-refractivity contribution < 1.29 is 23.9 Å². The minimum atomic E-state index is -0.797. The number of ether oxygens (including phenoxy) is 1. The van der Waals surface area contributed by atoms with E-state index in [9.17, 15) is 19.2 Å². The van der Waals surface area contributed by atoms with E-state index in [4.69, 9.17) is 4.74 Å². The van der Waals surface area contributed by atoms with E-state index in [1.54, 1.807) is 24.3 Å². The average molecular weight is 309 g/mol. The zero-order valence-electron chi connectivity index (χ0n) is 11.9. The van der Waals surface area contributed by atoms with Crippen LogP contribution in [0.15, 0.2) is 48.5 Å². The Labute approximate surface area is 131 Å². The fourth-order valence-corrected chi connectivity index (χ4v) is 2.34. The number of aldehydes is 1. The molecule has 0 bridgehead atoms. The summed E-state index contributed by atoms with van der Waals surface area (Å²) in [5.41, 5.74) is 0.736. The molecule has 0 aromatic heterocycles. The van der Waals surface area contributed by atoms with E-state index in [0.29, 0.717) is 6.29 Å². The third-order valence-electron chi connectivity index (χ3n) is 3.44. The Morgan fingerprint density at radius 3 is 2.13 bits per heavy atom. The fourth-order valence-electron chi connectivity index (χ4n) is 2.34. The van der Waals surface area contributed by atoms with Gasteiger partial charge in [0.15, 0.2) is 6.29 Å². The van der Waals surface area contributed by atoms with Crippen LogP contribution in [0.5, 0.6) is 5.75 Å². The third kappa shape index (κ3) is 2.62. The van der Waals surface area contributed by atoms with Gasteiger partial charge in [-0.3, -0.25) is 19.3 Å². The summed E-state index contributed by atoms with van der Waals surface area (Å²) in [4.78, 5) is 48.0. The first-order valence-electron chi connectivity index (χ1n) is 6.82. The summed E-state index contributed by atoms with van der Waals surface area (Å²) in [5, 5.41) is 0. The van der Waals surface area contributed by atoms with Crippen molar-refractivity contribution in [1.29, 1.82) is 0 Å². The normalized spacial score (nSPS) is 13.0. The van der Waals surface area contributed by atoms with E-state index in [0.717, 1.165) is 4.90 Å². The molecule has 1 heterocycles. The summed E-state index contributed by atoms with van der Waals surface area (Å²) in [5.74, 6) is -1.78. The van der Waals surface area contributed by atoms with Gasteiger partial charge < -0.3 is 4.74 Å². The van der Waals surface area contributed by atoms with Crippen molar-refractivity contribution in [2.24, 2.45) is 0 Å². The molecule has 1 aliphatic heterocycles. The Hall–Kier alpha value is -3.28. The first-order chi connectivity index (χ1) is 11.1. The zero-order valence-corrected chi connectivity index (χ0v) is 11.9. The van der Waals surface area contributed by atoms with Gasteiger partial charge in [0.25, 0.3) is 11.8 Å². The molecule has 6 nitrogen and oxygen atoms in total. The molecule has 0 atom stereocenters. The van der Waals surface area contributed by atoms with E-state index in [-0.39, 0.29) is 22.4 Å². The van der Waals surface area contributed by atoms with E-state index < -0.39 is 24.3 Å². The molecule has 2 aromatic rings. The van der Waals surface area contributed by atoms with Gasteiger partial charge in [-0.05, 0) is 24.3 Å². The molecule has 0 aliphatic carbocycles. The summed E-state index contributed by atoms with van der Waals surface area (Å²) in [7, 11) is 0. The van der Waals surface area contributed by atoms with Gasteiger partial charge in [-0.2, -0.15) is 0 Å². The van der Waals surface area contributed by atoms with Gasteiger partial charge in [0.1, 0.15) is 12.3 Å².